The molecule has 2 aromatic carbocycles. The molecule has 0 aliphatic rings. The molecule has 0 aliphatic heterocycles. The van der Waals surface area contributed by atoms with Crippen molar-refractivity contribution in [1.82, 2.24) is 0 Å². The average molecular weight is 292 g/mol. The van der Waals surface area contributed by atoms with E-state index >= 15 is 0 Å². The number of nitrogens with two attached hydrogens (primary N) is 1. The SMILES string of the molecule is Cc1cccc([C@@H](N)[C@@H](O)Cc2ccccc2)c1C.Cl. The van der Waals surface area contributed by atoms with Gasteiger partial charge in [0.25, 0.3) is 0 Å². The topological polar surface area (TPSA) is 46.2 Å². The van der Waals surface area contributed by atoms with Crippen LogP contribution in [0.5, 0.6) is 0 Å². The van der Waals surface area contributed by atoms with Crippen LogP contribution in [-0.4, -0.2) is 11.2 Å². The van der Waals surface area contributed by atoms with Crippen LogP contribution in [0.25, 0.3) is 0 Å². The summed E-state index contributed by atoms with van der Waals surface area (Å²) in [5, 5.41) is 10.3. The Kier molecular flexibility index (Phi) is 6.21. The molecule has 0 heterocycles. The van der Waals surface area contributed by atoms with Crippen molar-refractivity contribution in [2.24, 2.45) is 5.73 Å². The third-order valence-corrected chi connectivity index (χ3v) is 3.71. The van der Waals surface area contributed by atoms with Crippen molar-refractivity contribution in [3.05, 3.63) is 70.8 Å². The molecular formula is C17H22ClNO. The first-order valence-electron chi connectivity index (χ1n) is 6.63. The Balaban J connectivity index is 0.00000200. The Labute approximate surface area is 127 Å². The average Bonchev–Trinajstić information content (AvgIpc) is 2.42. The number of benzene rings is 2. The fourth-order valence-electron chi connectivity index (χ4n) is 2.32. The van der Waals surface area contributed by atoms with Gasteiger partial charge in [-0.05, 0) is 36.1 Å². The van der Waals surface area contributed by atoms with Crippen LogP contribution in [0.4, 0.5) is 0 Å². The summed E-state index contributed by atoms with van der Waals surface area (Å²) in [7, 11) is 0. The minimum absolute atomic E-state index is 0. The minimum atomic E-state index is -0.567. The number of aliphatic hydroxyl groups is 1. The fourth-order valence-corrected chi connectivity index (χ4v) is 2.32. The molecular weight excluding hydrogens is 270 g/mol. The molecule has 2 nitrogen and oxygen atoms in total. The Morgan fingerprint density at radius 2 is 1.65 bits per heavy atom. The van der Waals surface area contributed by atoms with E-state index in [1.165, 1.54) is 11.1 Å². The van der Waals surface area contributed by atoms with E-state index in [9.17, 15) is 5.11 Å². The molecule has 2 aromatic rings. The van der Waals surface area contributed by atoms with Crippen LogP contribution in [0.3, 0.4) is 0 Å². The van der Waals surface area contributed by atoms with Gasteiger partial charge in [0.2, 0.25) is 0 Å². The van der Waals surface area contributed by atoms with E-state index in [0.29, 0.717) is 6.42 Å². The Morgan fingerprint density at radius 1 is 1.00 bits per heavy atom. The van der Waals surface area contributed by atoms with Gasteiger partial charge in [-0.3, -0.25) is 0 Å². The summed E-state index contributed by atoms with van der Waals surface area (Å²) < 4.78 is 0. The summed E-state index contributed by atoms with van der Waals surface area (Å²) in [6, 6.07) is 15.7. The first kappa shape index (κ1) is 16.7. The lowest BCUT2D eigenvalue weighted by atomic mass is 9.92. The summed E-state index contributed by atoms with van der Waals surface area (Å²) in [6.07, 6.45) is 0.0120. The van der Waals surface area contributed by atoms with E-state index in [-0.39, 0.29) is 18.4 Å². The Hall–Kier alpha value is -1.35. The lowest BCUT2D eigenvalue weighted by Gasteiger charge is -2.22. The molecule has 3 N–H and O–H groups in total. The van der Waals surface area contributed by atoms with Gasteiger partial charge < -0.3 is 10.8 Å². The van der Waals surface area contributed by atoms with E-state index in [2.05, 4.69) is 19.9 Å². The fraction of sp³-hybridized carbons (Fsp3) is 0.294. The second-order valence-corrected chi connectivity index (χ2v) is 5.07. The summed E-state index contributed by atoms with van der Waals surface area (Å²) in [5.74, 6) is 0. The maximum Gasteiger partial charge on any atom is 0.0773 e. The molecule has 108 valence electrons. The molecule has 3 heteroatoms. The first-order chi connectivity index (χ1) is 9.09. The zero-order chi connectivity index (χ0) is 13.8. The zero-order valence-electron chi connectivity index (χ0n) is 11.9. The van der Waals surface area contributed by atoms with Gasteiger partial charge in [0, 0.05) is 6.42 Å². The van der Waals surface area contributed by atoms with Crippen molar-refractivity contribution < 1.29 is 5.11 Å². The molecule has 0 aliphatic carbocycles. The van der Waals surface area contributed by atoms with Gasteiger partial charge in [0.1, 0.15) is 0 Å². The minimum Gasteiger partial charge on any atom is -0.391 e. The zero-order valence-corrected chi connectivity index (χ0v) is 12.7. The van der Waals surface area contributed by atoms with Crippen LogP contribution >= 0.6 is 12.4 Å². The number of rotatable bonds is 4. The van der Waals surface area contributed by atoms with E-state index in [1.807, 2.05) is 42.5 Å². The second-order valence-electron chi connectivity index (χ2n) is 5.07. The van der Waals surface area contributed by atoms with Gasteiger partial charge in [0.05, 0.1) is 12.1 Å². The summed E-state index contributed by atoms with van der Waals surface area (Å²) >= 11 is 0. The van der Waals surface area contributed by atoms with Crippen molar-refractivity contribution in [3.8, 4) is 0 Å². The highest BCUT2D eigenvalue weighted by Crippen LogP contribution is 2.23. The highest BCUT2D eigenvalue weighted by Gasteiger charge is 2.19. The van der Waals surface area contributed by atoms with E-state index in [4.69, 9.17) is 5.73 Å². The molecule has 0 spiro atoms. The smallest absolute Gasteiger partial charge is 0.0773 e. The monoisotopic (exact) mass is 291 g/mol. The van der Waals surface area contributed by atoms with Crippen LogP contribution in [0.1, 0.15) is 28.3 Å². The van der Waals surface area contributed by atoms with Gasteiger partial charge in [-0.15, -0.1) is 12.4 Å². The molecule has 0 fully saturated rings. The summed E-state index contributed by atoms with van der Waals surface area (Å²) in [6.45, 7) is 4.12. The molecule has 0 saturated heterocycles. The van der Waals surface area contributed by atoms with Crippen molar-refractivity contribution in [1.29, 1.82) is 0 Å². The molecule has 0 radical (unpaired) electrons. The van der Waals surface area contributed by atoms with E-state index in [1.54, 1.807) is 0 Å². The van der Waals surface area contributed by atoms with Gasteiger partial charge in [-0.25, -0.2) is 0 Å². The van der Waals surface area contributed by atoms with Crippen molar-refractivity contribution in [3.63, 3.8) is 0 Å². The lowest BCUT2D eigenvalue weighted by molar-refractivity contribution is 0.145. The molecule has 20 heavy (non-hydrogen) atoms. The normalized spacial score (nSPS) is 13.4. The van der Waals surface area contributed by atoms with Gasteiger partial charge in [-0.2, -0.15) is 0 Å². The maximum absolute atomic E-state index is 10.3. The van der Waals surface area contributed by atoms with Crippen LogP contribution in [0.15, 0.2) is 48.5 Å². The number of aliphatic hydroxyl groups excluding tert-OH is 1. The van der Waals surface area contributed by atoms with Crippen LogP contribution in [-0.2, 0) is 6.42 Å². The highest BCUT2D eigenvalue weighted by molar-refractivity contribution is 5.85. The molecule has 2 rings (SSSR count). The largest absolute Gasteiger partial charge is 0.391 e. The highest BCUT2D eigenvalue weighted by atomic mass is 35.5. The van der Waals surface area contributed by atoms with Crippen LogP contribution < -0.4 is 5.73 Å². The summed E-state index contributed by atoms with van der Waals surface area (Å²) in [4.78, 5) is 0. The number of halogens is 1. The molecule has 2 atom stereocenters. The van der Waals surface area contributed by atoms with Crippen LogP contribution in [0, 0.1) is 13.8 Å². The predicted octanol–water partition coefficient (Wildman–Crippen LogP) is 3.33. The maximum atomic E-state index is 10.3. The van der Waals surface area contributed by atoms with Gasteiger partial charge in [0.15, 0.2) is 0 Å². The number of hydrogen-bond acceptors (Lipinski definition) is 2. The Bertz CT molecular complexity index is 542. The molecule has 0 bridgehead atoms. The number of aryl methyl sites for hydroxylation is 1. The predicted molar refractivity (Wildman–Crippen MR) is 86.2 cm³/mol. The molecule has 0 aromatic heterocycles. The second kappa shape index (κ2) is 7.44. The van der Waals surface area contributed by atoms with Crippen molar-refractivity contribution in [2.45, 2.75) is 32.4 Å². The standard InChI is InChI=1S/C17H21NO.ClH/c1-12-7-6-10-15(13(12)2)17(18)16(19)11-14-8-4-3-5-9-14;/h3-10,16-17,19H,11,18H2,1-2H3;1H/t16-,17+;/m0./s1. The first-order valence-corrected chi connectivity index (χ1v) is 6.63. The van der Waals surface area contributed by atoms with Gasteiger partial charge in [-0.1, -0.05) is 48.5 Å². The quantitative estimate of drug-likeness (QED) is 0.908. The molecule has 0 unspecified atom stereocenters. The van der Waals surface area contributed by atoms with E-state index in [0.717, 1.165) is 11.1 Å². The van der Waals surface area contributed by atoms with E-state index < -0.39 is 6.10 Å². The van der Waals surface area contributed by atoms with Crippen LogP contribution in [0.2, 0.25) is 0 Å². The molecule has 0 saturated carbocycles. The third-order valence-electron chi connectivity index (χ3n) is 3.71. The lowest BCUT2D eigenvalue weighted by Crippen LogP contribution is -2.28. The molecule has 0 amide bonds. The third kappa shape index (κ3) is 3.83. The number of hydrogen-bond donors (Lipinski definition) is 2. The van der Waals surface area contributed by atoms with Gasteiger partial charge >= 0.3 is 0 Å². The summed E-state index contributed by atoms with van der Waals surface area (Å²) in [5.41, 5.74) is 10.7. The van der Waals surface area contributed by atoms with Crippen molar-refractivity contribution >= 4 is 12.4 Å². The van der Waals surface area contributed by atoms with Crippen molar-refractivity contribution in [2.75, 3.05) is 0 Å². The Morgan fingerprint density at radius 3 is 2.30 bits per heavy atom.